The highest BCUT2D eigenvalue weighted by Crippen LogP contribution is 2.37. The highest BCUT2D eigenvalue weighted by atomic mass is 35.5. The second-order valence-corrected chi connectivity index (χ2v) is 6.34. The van der Waals surface area contributed by atoms with Gasteiger partial charge in [0.05, 0.1) is 0 Å². The van der Waals surface area contributed by atoms with Crippen LogP contribution in [-0.4, -0.2) is 42.7 Å². The molecule has 0 aromatic heterocycles. The Morgan fingerprint density at radius 1 is 1.25 bits per heavy atom. The zero-order valence-electron chi connectivity index (χ0n) is 11.5. The SMILES string of the molecule is Cl.O=C(C1SCCc2ccccc21)N1CCCNCC1. The monoisotopic (exact) mass is 312 g/mol. The summed E-state index contributed by atoms with van der Waals surface area (Å²) in [6.45, 7) is 3.69. The Labute approximate surface area is 130 Å². The average Bonchev–Trinajstić information content (AvgIpc) is 2.75. The number of aryl methyl sites for hydroxylation is 1. The highest BCUT2D eigenvalue weighted by molar-refractivity contribution is 8.00. The van der Waals surface area contributed by atoms with Crippen molar-refractivity contribution in [2.45, 2.75) is 18.1 Å². The fraction of sp³-hybridized carbons (Fsp3) is 0.533. The lowest BCUT2D eigenvalue weighted by atomic mass is 10.0. The number of benzene rings is 1. The van der Waals surface area contributed by atoms with Crippen molar-refractivity contribution < 1.29 is 4.79 Å². The Balaban J connectivity index is 0.00000147. The summed E-state index contributed by atoms with van der Waals surface area (Å²) in [5.41, 5.74) is 2.59. The van der Waals surface area contributed by atoms with Gasteiger partial charge in [0.15, 0.2) is 0 Å². The number of amides is 1. The molecular weight excluding hydrogens is 292 g/mol. The Morgan fingerprint density at radius 2 is 2.10 bits per heavy atom. The van der Waals surface area contributed by atoms with Gasteiger partial charge in [-0.25, -0.2) is 0 Å². The lowest BCUT2D eigenvalue weighted by Crippen LogP contribution is -2.37. The van der Waals surface area contributed by atoms with Crippen LogP contribution in [0.4, 0.5) is 0 Å². The van der Waals surface area contributed by atoms with Gasteiger partial charge in [0.2, 0.25) is 5.91 Å². The summed E-state index contributed by atoms with van der Waals surface area (Å²) in [4.78, 5) is 14.8. The van der Waals surface area contributed by atoms with Gasteiger partial charge >= 0.3 is 0 Å². The van der Waals surface area contributed by atoms with Crippen molar-refractivity contribution in [1.29, 1.82) is 0 Å². The number of nitrogens with zero attached hydrogens (tertiary/aromatic N) is 1. The van der Waals surface area contributed by atoms with Gasteiger partial charge in [-0.2, -0.15) is 0 Å². The molecule has 0 saturated carbocycles. The first-order valence-corrected chi connectivity index (χ1v) is 8.10. The Morgan fingerprint density at radius 3 is 3.00 bits per heavy atom. The van der Waals surface area contributed by atoms with Crippen LogP contribution in [0.25, 0.3) is 0 Å². The second kappa shape index (κ2) is 7.34. The quantitative estimate of drug-likeness (QED) is 0.863. The van der Waals surface area contributed by atoms with Crippen LogP contribution in [0, 0.1) is 0 Å². The van der Waals surface area contributed by atoms with Crippen molar-refractivity contribution in [3.8, 4) is 0 Å². The largest absolute Gasteiger partial charge is 0.340 e. The molecule has 1 aromatic carbocycles. The fourth-order valence-electron chi connectivity index (χ4n) is 2.83. The smallest absolute Gasteiger partial charge is 0.240 e. The molecule has 1 amide bonds. The highest BCUT2D eigenvalue weighted by Gasteiger charge is 2.30. The Bertz CT molecular complexity index is 461. The van der Waals surface area contributed by atoms with Gasteiger partial charge in [-0.3, -0.25) is 4.79 Å². The maximum absolute atomic E-state index is 12.7. The summed E-state index contributed by atoms with van der Waals surface area (Å²) in [6.07, 6.45) is 2.15. The standard InChI is InChI=1S/C15H20N2OS.ClH/c18-15(17-9-3-7-16-8-10-17)14-13-5-2-1-4-12(13)6-11-19-14;/h1-2,4-5,14,16H,3,6-11H2;1H. The molecule has 3 nitrogen and oxygen atoms in total. The molecule has 3 rings (SSSR count). The van der Waals surface area contributed by atoms with E-state index < -0.39 is 0 Å². The average molecular weight is 313 g/mol. The number of carbonyl (C=O) groups excluding carboxylic acids is 1. The lowest BCUT2D eigenvalue weighted by Gasteiger charge is -2.29. The van der Waals surface area contributed by atoms with Crippen molar-refractivity contribution in [3.63, 3.8) is 0 Å². The van der Waals surface area contributed by atoms with Crippen LogP contribution in [-0.2, 0) is 11.2 Å². The van der Waals surface area contributed by atoms with Crippen molar-refractivity contribution >= 4 is 30.1 Å². The van der Waals surface area contributed by atoms with Gasteiger partial charge in [0.25, 0.3) is 0 Å². The van der Waals surface area contributed by atoms with Crippen LogP contribution in [0.2, 0.25) is 0 Å². The maximum Gasteiger partial charge on any atom is 0.240 e. The molecule has 0 radical (unpaired) electrons. The number of rotatable bonds is 1. The molecule has 0 aliphatic carbocycles. The van der Waals surface area contributed by atoms with E-state index in [1.165, 1.54) is 11.1 Å². The van der Waals surface area contributed by atoms with E-state index in [0.29, 0.717) is 5.91 Å². The first-order chi connectivity index (χ1) is 9.36. The summed E-state index contributed by atoms with van der Waals surface area (Å²) in [6, 6.07) is 8.42. The molecule has 1 fully saturated rings. The summed E-state index contributed by atoms with van der Waals surface area (Å²) in [5, 5.41) is 3.37. The van der Waals surface area contributed by atoms with E-state index in [0.717, 1.165) is 44.8 Å². The van der Waals surface area contributed by atoms with Gasteiger partial charge < -0.3 is 10.2 Å². The zero-order valence-corrected chi connectivity index (χ0v) is 13.1. The molecule has 2 aliphatic rings. The van der Waals surface area contributed by atoms with Crippen LogP contribution in [0.3, 0.4) is 0 Å². The molecule has 5 heteroatoms. The molecular formula is C15H21ClN2OS. The summed E-state index contributed by atoms with van der Waals surface area (Å²) >= 11 is 1.80. The third-order valence-corrected chi connectivity index (χ3v) is 5.10. The zero-order chi connectivity index (χ0) is 13.1. The third kappa shape index (κ3) is 3.30. The van der Waals surface area contributed by atoms with Crippen LogP contribution in [0.15, 0.2) is 24.3 Å². The molecule has 2 heterocycles. The summed E-state index contributed by atoms with van der Waals surface area (Å²) < 4.78 is 0. The molecule has 2 aliphatic heterocycles. The predicted octanol–water partition coefficient (Wildman–Crippen LogP) is 2.26. The number of carbonyl (C=O) groups is 1. The Kier molecular flexibility index (Phi) is 5.75. The summed E-state index contributed by atoms with van der Waals surface area (Å²) in [5.74, 6) is 1.36. The number of thioether (sulfide) groups is 1. The molecule has 20 heavy (non-hydrogen) atoms. The topological polar surface area (TPSA) is 32.3 Å². The number of fused-ring (bicyclic) bond motifs is 1. The van der Waals surface area contributed by atoms with E-state index in [2.05, 4.69) is 29.6 Å². The van der Waals surface area contributed by atoms with Crippen LogP contribution >= 0.6 is 24.2 Å². The molecule has 110 valence electrons. The molecule has 0 bridgehead atoms. The first-order valence-electron chi connectivity index (χ1n) is 7.05. The van der Waals surface area contributed by atoms with Gasteiger partial charge in [-0.1, -0.05) is 24.3 Å². The number of nitrogens with one attached hydrogen (secondary N) is 1. The fourth-order valence-corrected chi connectivity index (χ4v) is 4.11. The molecule has 1 saturated heterocycles. The third-order valence-electron chi connectivity index (χ3n) is 3.87. The van der Waals surface area contributed by atoms with E-state index in [1.807, 2.05) is 4.90 Å². The Hall–Kier alpha value is -0.710. The van der Waals surface area contributed by atoms with Gasteiger partial charge in [0, 0.05) is 19.6 Å². The number of halogens is 1. The van der Waals surface area contributed by atoms with E-state index >= 15 is 0 Å². The van der Waals surface area contributed by atoms with Gasteiger partial charge in [-0.05, 0) is 36.3 Å². The minimum atomic E-state index is 0. The van der Waals surface area contributed by atoms with E-state index in [9.17, 15) is 4.79 Å². The maximum atomic E-state index is 12.7. The molecule has 1 unspecified atom stereocenters. The van der Waals surface area contributed by atoms with E-state index in [-0.39, 0.29) is 17.7 Å². The van der Waals surface area contributed by atoms with Crippen LogP contribution in [0.5, 0.6) is 0 Å². The molecule has 1 N–H and O–H groups in total. The second-order valence-electron chi connectivity index (χ2n) is 5.13. The van der Waals surface area contributed by atoms with Gasteiger partial charge in [-0.15, -0.1) is 24.2 Å². The normalized spacial score (nSPS) is 22.4. The number of hydrogen-bond acceptors (Lipinski definition) is 3. The summed E-state index contributed by atoms with van der Waals surface area (Å²) in [7, 11) is 0. The number of hydrogen-bond donors (Lipinski definition) is 1. The van der Waals surface area contributed by atoms with Crippen molar-refractivity contribution in [2.75, 3.05) is 31.9 Å². The first kappa shape index (κ1) is 15.7. The molecule has 1 aromatic rings. The predicted molar refractivity (Wildman–Crippen MR) is 86.7 cm³/mol. The van der Waals surface area contributed by atoms with Crippen LogP contribution in [0.1, 0.15) is 22.8 Å². The van der Waals surface area contributed by atoms with Crippen molar-refractivity contribution in [2.24, 2.45) is 0 Å². The molecule has 1 atom stereocenters. The van der Waals surface area contributed by atoms with Crippen molar-refractivity contribution in [3.05, 3.63) is 35.4 Å². The minimum absolute atomic E-state index is 0. The molecule has 0 spiro atoms. The van der Waals surface area contributed by atoms with Crippen molar-refractivity contribution in [1.82, 2.24) is 10.2 Å². The minimum Gasteiger partial charge on any atom is -0.340 e. The van der Waals surface area contributed by atoms with E-state index in [4.69, 9.17) is 0 Å². The van der Waals surface area contributed by atoms with Gasteiger partial charge in [0.1, 0.15) is 5.25 Å². The van der Waals surface area contributed by atoms with E-state index in [1.54, 1.807) is 11.8 Å². The lowest BCUT2D eigenvalue weighted by molar-refractivity contribution is -0.130. The van der Waals surface area contributed by atoms with Crippen LogP contribution < -0.4 is 5.32 Å².